The Morgan fingerprint density at radius 3 is 2.82 bits per heavy atom. The highest BCUT2D eigenvalue weighted by Gasteiger charge is 2.22. The second kappa shape index (κ2) is 9.57. The fourth-order valence-corrected chi connectivity index (χ4v) is 4.22. The molecule has 33 heavy (non-hydrogen) atoms. The topological polar surface area (TPSA) is 87.0 Å². The number of benzene rings is 2. The Hall–Kier alpha value is -3.48. The van der Waals surface area contributed by atoms with Gasteiger partial charge in [0.05, 0.1) is 13.7 Å². The first-order valence-electron chi connectivity index (χ1n) is 11.2. The molecule has 0 spiro atoms. The quantitative estimate of drug-likeness (QED) is 0.520. The van der Waals surface area contributed by atoms with Crippen LogP contribution in [0.15, 0.2) is 39.5 Å². The van der Waals surface area contributed by atoms with E-state index in [1.807, 2.05) is 45.0 Å². The maximum atomic E-state index is 12.6. The average Bonchev–Trinajstić information content (AvgIpc) is 3.15. The molecule has 1 atom stereocenters. The number of hydrogen-bond acceptors (Lipinski definition) is 6. The Kier molecular flexibility index (Phi) is 6.58. The standard InChI is InChI=1S/C26H29NO6/c1-5-31-22-11-17-10-15(2)32-23(17)12-18(22)14-27-25(28)9-8-21-16(3)20-7-6-19(30-4)13-24(20)33-26(21)29/h6-7,11-13,15H,5,8-10,14H2,1-4H3,(H,27,28)/t15-/m1/s1. The molecule has 0 saturated heterocycles. The van der Waals surface area contributed by atoms with Crippen LogP contribution in [0.1, 0.15) is 42.5 Å². The molecule has 1 aliphatic rings. The molecule has 7 nitrogen and oxygen atoms in total. The first kappa shape index (κ1) is 22.7. The van der Waals surface area contributed by atoms with Crippen molar-refractivity contribution in [2.45, 2.75) is 52.7 Å². The molecule has 174 valence electrons. The van der Waals surface area contributed by atoms with Crippen LogP contribution >= 0.6 is 0 Å². The first-order chi connectivity index (χ1) is 15.9. The summed E-state index contributed by atoms with van der Waals surface area (Å²) in [6.07, 6.45) is 1.46. The van der Waals surface area contributed by atoms with Gasteiger partial charge in [-0.05, 0) is 57.0 Å². The summed E-state index contributed by atoms with van der Waals surface area (Å²) in [6.45, 7) is 6.70. The Balaban J connectivity index is 1.44. The first-order valence-corrected chi connectivity index (χ1v) is 11.2. The smallest absolute Gasteiger partial charge is 0.339 e. The second-order valence-electron chi connectivity index (χ2n) is 8.27. The average molecular weight is 452 g/mol. The maximum absolute atomic E-state index is 12.6. The summed E-state index contributed by atoms with van der Waals surface area (Å²) in [7, 11) is 1.56. The van der Waals surface area contributed by atoms with Gasteiger partial charge in [-0.2, -0.15) is 0 Å². The van der Waals surface area contributed by atoms with Gasteiger partial charge >= 0.3 is 5.63 Å². The Morgan fingerprint density at radius 2 is 2.06 bits per heavy atom. The van der Waals surface area contributed by atoms with Gasteiger partial charge in [-0.3, -0.25) is 4.79 Å². The summed E-state index contributed by atoms with van der Waals surface area (Å²) in [6, 6.07) is 9.32. The van der Waals surface area contributed by atoms with Crippen molar-refractivity contribution in [2.24, 2.45) is 0 Å². The van der Waals surface area contributed by atoms with E-state index in [1.165, 1.54) is 0 Å². The lowest BCUT2D eigenvalue weighted by molar-refractivity contribution is -0.121. The van der Waals surface area contributed by atoms with E-state index in [0.717, 1.165) is 40.0 Å². The number of hydrogen-bond donors (Lipinski definition) is 1. The summed E-state index contributed by atoms with van der Waals surface area (Å²) in [4.78, 5) is 25.1. The van der Waals surface area contributed by atoms with E-state index >= 15 is 0 Å². The van der Waals surface area contributed by atoms with E-state index in [1.54, 1.807) is 13.2 Å². The second-order valence-corrected chi connectivity index (χ2v) is 8.27. The third kappa shape index (κ3) is 4.82. The molecule has 0 radical (unpaired) electrons. The minimum Gasteiger partial charge on any atom is -0.497 e. The van der Waals surface area contributed by atoms with Crippen molar-refractivity contribution in [2.75, 3.05) is 13.7 Å². The van der Waals surface area contributed by atoms with Crippen molar-refractivity contribution in [3.63, 3.8) is 0 Å². The molecule has 1 N–H and O–H groups in total. The molecule has 7 heteroatoms. The minimum atomic E-state index is -0.426. The van der Waals surface area contributed by atoms with Crippen LogP contribution in [0.3, 0.4) is 0 Å². The predicted molar refractivity (Wildman–Crippen MR) is 125 cm³/mol. The predicted octanol–water partition coefficient (Wildman–Crippen LogP) is 4.08. The summed E-state index contributed by atoms with van der Waals surface area (Å²) in [5, 5.41) is 3.77. The van der Waals surface area contributed by atoms with Crippen LogP contribution in [0, 0.1) is 6.92 Å². The SMILES string of the molecule is CCOc1cc2c(cc1CNC(=O)CCc1c(C)c3ccc(OC)cc3oc1=O)O[C@H](C)C2. The van der Waals surface area contributed by atoms with E-state index < -0.39 is 5.63 Å². The van der Waals surface area contributed by atoms with Crippen LogP contribution in [0.5, 0.6) is 17.2 Å². The molecule has 0 unspecified atom stereocenters. The van der Waals surface area contributed by atoms with Crippen molar-refractivity contribution in [1.29, 1.82) is 0 Å². The van der Waals surface area contributed by atoms with Gasteiger partial charge in [0.2, 0.25) is 5.91 Å². The number of rotatable bonds is 8. The molecular formula is C26H29NO6. The Morgan fingerprint density at radius 1 is 1.24 bits per heavy atom. The highest BCUT2D eigenvalue weighted by atomic mass is 16.5. The van der Waals surface area contributed by atoms with E-state index in [0.29, 0.717) is 36.5 Å². The molecule has 3 aromatic rings. The summed E-state index contributed by atoms with van der Waals surface area (Å²) < 4.78 is 22.3. The number of carbonyl (C=O) groups is 1. The molecule has 0 aliphatic carbocycles. The summed E-state index contributed by atoms with van der Waals surface area (Å²) in [5.41, 5.74) is 3.37. The lowest BCUT2D eigenvalue weighted by atomic mass is 10.0. The van der Waals surface area contributed by atoms with Crippen LogP contribution < -0.4 is 25.2 Å². The highest BCUT2D eigenvalue weighted by Crippen LogP contribution is 2.35. The van der Waals surface area contributed by atoms with Gasteiger partial charge in [0.1, 0.15) is 28.9 Å². The number of methoxy groups -OCH3 is 1. The van der Waals surface area contributed by atoms with Gasteiger partial charge in [-0.25, -0.2) is 4.79 Å². The van der Waals surface area contributed by atoms with E-state index in [2.05, 4.69) is 5.32 Å². The fraction of sp³-hybridized carbons (Fsp3) is 0.385. The van der Waals surface area contributed by atoms with Crippen LogP contribution in [0.4, 0.5) is 0 Å². The van der Waals surface area contributed by atoms with Gasteiger partial charge in [0.25, 0.3) is 0 Å². The fourth-order valence-electron chi connectivity index (χ4n) is 4.22. The number of amides is 1. The number of aryl methyl sites for hydroxylation is 1. The number of carbonyl (C=O) groups excluding carboxylic acids is 1. The molecule has 0 bridgehead atoms. The zero-order valence-electron chi connectivity index (χ0n) is 19.4. The van der Waals surface area contributed by atoms with Gasteiger partial charge in [0.15, 0.2) is 0 Å². The van der Waals surface area contributed by atoms with E-state index in [4.69, 9.17) is 18.6 Å². The summed E-state index contributed by atoms with van der Waals surface area (Å²) in [5.74, 6) is 2.07. The molecule has 1 amide bonds. The molecule has 0 fully saturated rings. The third-order valence-corrected chi connectivity index (χ3v) is 5.95. The molecule has 1 aliphatic heterocycles. The minimum absolute atomic E-state index is 0.136. The lowest BCUT2D eigenvalue weighted by Gasteiger charge is -2.13. The van der Waals surface area contributed by atoms with Crippen molar-refractivity contribution in [3.8, 4) is 17.2 Å². The third-order valence-electron chi connectivity index (χ3n) is 5.95. The Labute approximate surface area is 192 Å². The molecule has 0 saturated carbocycles. The van der Waals surface area contributed by atoms with E-state index in [-0.39, 0.29) is 18.4 Å². The zero-order chi connectivity index (χ0) is 23.5. The van der Waals surface area contributed by atoms with Gasteiger partial charge in [-0.15, -0.1) is 0 Å². The van der Waals surface area contributed by atoms with Crippen molar-refractivity contribution in [1.82, 2.24) is 5.32 Å². The van der Waals surface area contributed by atoms with Gasteiger partial charge in [0, 0.05) is 47.5 Å². The Bertz CT molecular complexity index is 1250. The van der Waals surface area contributed by atoms with Crippen molar-refractivity contribution < 1.29 is 23.4 Å². The molecular weight excluding hydrogens is 422 g/mol. The molecule has 2 heterocycles. The maximum Gasteiger partial charge on any atom is 0.339 e. The van der Waals surface area contributed by atoms with Gasteiger partial charge in [-0.1, -0.05) is 0 Å². The largest absolute Gasteiger partial charge is 0.497 e. The van der Waals surface area contributed by atoms with Crippen LogP contribution in [0.25, 0.3) is 11.0 Å². The van der Waals surface area contributed by atoms with Crippen LogP contribution in [0.2, 0.25) is 0 Å². The monoisotopic (exact) mass is 451 g/mol. The van der Waals surface area contributed by atoms with Crippen LogP contribution in [-0.2, 0) is 24.2 Å². The zero-order valence-corrected chi connectivity index (χ0v) is 19.4. The summed E-state index contributed by atoms with van der Waals surface area (Å²) >= 11 is 0. The normalized spacial score (nSPS) is 14.6. The molecule has 1 aromatic heterocycles. The number of fused-ring (bicyclic) bond motifs is 2. The van der Waals surface area contributed by atoms with Gasteiger partial charge < -0.3 is 23.9 Å². The molecule has 2 aromatic carbocycles. The lowest BCUT2D eigenvalue weighted by Crippen LogP contribution is -2.24. The molecule has 4 rings (SSSR count). The van der Waals surface area contributed by atoms with Crippen molar-refractivity contribution >= 4 is 16.9 Å². The van der Waals surface area contributed by atoms with Crippen LogP contribution in [-0.4, -0.2) is 25.7 Å². The number of ether oxygens (including phenoxy) is 3. The van der Waals surface area contributed by atoms with E-state index in [9.17, 15) is 9.59 Å². The highest BCUT2D eigenvalue weighted by molar-refractivity contribution is 5.82. The van der Waals surface area contributed by atoms with Crippen molar-refractivity contribution in [3.05, 3.63) is 63.0 Å². The number of nitrogens with one attached hydrogen (secondary N) is 1.